The summed E-state index contributed by atoms with van der Waals surface area (Å²) >= 11 is 1.65. The Kier molecular flexibility index (Phi) is 3.97. The molecule has 1 fully saturated rings. The van der Waals surface area contributed by atoms with Gasteiger partial charge in [0, 0.05) is 18.0 Å². The number of hydrogen-bond donors (Lipinski definition) is 3. The van der Waals surface area contributed by atoms with Gasteiger partial charge in [-0.25, -0.2) is 10.8 Å². The van der Waals surface area contributed by atoms with Crippen LogP contribution in [0.3, 0.4) is 0 Å². The minimum Gasteiger partial charge on any atom is -0.393 e. The molecule has 1 aliphatic heterocycles. The number of aliphatic hydroxyl groups is 1. The maximum absolute atomic E-state index is 9.72. The number of thiophene rings is 1. The van der Waals surface area contributed by atoms with E-state index in [1.54, 1.807) is 11.3 Å². The molecule has 6 nitrogen and oxygen atoms in total. The van der Waals surface area contributed by atoms with Crippen LogP contribution in [0.2, 0.25) is 0 Å². The molecule has 0 aliphatic carbocycles. The van der Waals surface area contributed by atoms with Crippen molar-refractivity contribution in [1.82, 2.24) is 9.97 Å². The fraction of sp³-hybridized carbons (Fsp3) is 0.571. The van der Waals surface area contributed by atoms with Crippen LogP contribution in [0.5, 0.6) is 0 Å². The van der Waals surface area contributed by atoms with Gasteiger partial charge in [0.05, 0.1) is 11.5 Å². The number of aliphatic hydroxyl groups excluding tert-OH is 1. The molecular formula is C14H21N5OS. The molecule has 2 aromatic rings. The van der Waals surface area contributed by atoms with Crippen molar-refractivity contribution in [2.75, 3.05) is 23.4 Å². The van der Waals surface area contributed by atoms with Crippen molar-refractivity contribution >= 4 is 33.3 Å². The standard InChI is InChI=1S/C14H21N5OS/c1-8-7-11-12(16-14(18-15)17-13(11)21-8)19-5-3-10(4-6-19)9(2)20/h7,9-10,20H,3-6,15H2,1-2H3,(H,16,17,18). The molecule has 1 atom stereocenters. The molecule has 3 heterocycles. The second-order valence-electron chi connectivity index (χ2n) is 5.66. The monoisotopic (exact) mass is 307 g/mol. The Hall–Kier alpha value is -1.44. The molecule has 3 rings (SSSR count). The largest absolute Gasteiger partial charge is 0.393 e. The van der Waals surface area contributed by atoms with E-state index >= 15 is 0 Å². The highest BCUT2D eigenvalue weighted by molar-refractivity contribution is 7.18. The summed E-state index contributed by atoms with van der Waals surface area (Å²) in [5.41, 5.74) is 2.55. The number of nitrogens with one attached hydrogen (secondary N) is 1. The predicted molar refractivity (Wildman–Crippen MR) is 86.6 cm³/mol. The van der Waals surface area contributed by atoms with Crippen LogP contribution < -0.4 is 16.2 Å². The highest BCUT2D eigenvalue weighted by Gasteiger charge is 2.25. The lowest BCUT2D eigenvalue weighted by Crippen LogP contribution is -2.37. The summed E-state index contributed by atoms with van der Waals surface area (Å²) in [4.78, 5) is 13.4. The summed E-state index contributed by atoms with van der Waals surface area (Å²) < 4.78 is 0. The smallest absolute Gasteiger partial charge is 0.240 e. The molecule has 0 saturated carbocycles. The van der Waals surface area contributed by atoms with E-state index in [-0.39, 0.29) is 6.10 Å². The van der Waals surface area contributed by atoms with E-state index in [1.165, 1.54) is 4.88 Å². The van der Waals surface area contributed by atoms with E-state index in [0.29, 0.717) is 11.9 Å². The first-order valence-corrected chi connectivity index (χ1v) is 8.08. The Balaban J connectivity index is 1.93. The van der Waals surface area contributed by atoms with Crippen molar-refractivity contribution in [3.05, 3.63) is 10.9 Å². The van der Waals surface area contributed by atoms with E-state index in [9.17, 15) is 5.11 Å². The molecule has 0 bridgehead atoms. The molecule has 1 aliphatic rings. The van der Waals surface area contributed by atoms with Crippen molar-refractivity contribution in [3.63, 3.8) is 0 Å². The summed E-state index contributed by atoms with van der Waals surface area (Å²) in [5, 5.41) is 10.8. The molecule has 114 valence electrons. The molecule has 1 unspecified atom stereocenters. The van der Waals surface area contributed by atoms with Crippen LogP contribution in [0.15, 0.2) is 6.07 Å². The third-order valence-corrected chi connectivity index (χ3v) is 5.09. The number of piperidine rings is 1. The first-order chi connectivity index (χ1) is 10.1. The van der Waals surface area contributed by atoms with Gasteiger partial charge in [-0.1, -0.05) is 0 Å². The minimum atomic E-state index is -0.234. The Bertz CT molecular complexity index is 634. The number of anilines is 2. The van der Waals surface area contributed by atoms with Crippen LogP contribution in [0.1, 0.15) is 24.6 Å². The van der Waals surface area contributed by atoms with E-state index in [0.717, 1.165) is 42.0 Å². The second kappa shape index (κ2) is 5.75. The van der Waals surface area contributed by atoms with Crippen molar-refractivity contribution in [3.8, 4) is 0 Å². The number of aryl methyl sites for hydroxylation is 1. The van der Waals surface area contributed by atoms with Crippen molar-refractivity contribution in [1.29, 1.82) is 0 Å². The number of nitrogens with two attached hydrogens (primary N) is 1. The van der Waals surface area contributed by atoms with Gasteiger partial charge in [0.2, 0.25) is 5.95 Å². The van der Waals surface area contributed by atoms with Gasteiger partial charge in [-0.3, -0.25) is 5.43 Å². The summed E-state index contributed by atoms with van der Waals surface area (Å²) in [6.45, 7) is 5.76. The van der Waals surface area contributed by atoms with Crippen LogP contribution in [-0.2, 0) is 0 Å². The first kappa shape index (κ1) is 14.5. The van der Waals surface area contributed by atoms with Gasteiger partial charge in [-0.15, -0.1) is 11.3 Å². The number of hydrogen-bond acceptors (Lipinski definition) is 7. The van der Waals surface area contributed by atoms with Crippen molar-refractivity contribution in [2.45, 2.75) is 32.8 Å². The average molecular weight is 307 g/mol. The quantitative estimate of drug-likeness (QED) is 0.593. The summed E-state index contributed by atoms with van der Waals surface area (Å²) in [6.07, 6.45) is 1.73. The maximum atomic E-state index is 9.72. The lowest BCUT2D eigenvalue weighted by molar-refractivity contribution is 0.110. The number of fused-ring (bicyclic) bond motifs is 1. The van der Waals surface area contributed by atoms with Crippen LogP contribution in [0, 0.1) is 12.8 Å². The summed E-state index contributed by atoms with van der Waals surface area (Å²) in [6, 6.07) is 2.14. The molecule has 1 saturated heterocycles. The lowest BCUT2D eigenvalue weighted by Gasteiger charge is -2.34. The summed E-state index contributed by atoms with van der Waals surface area (Å²) in [7, 11) is 0. The third kappa shape index (κ3) is 2.81. The van der Waals surface area contributed by atoms with Crippen molar-refractivity contribution < 1.29 is 5.11 Å². The topological polar surface area (TPSA) is 87.3 Å². The van der Waals surface area contributed by atoms with E-state index < -0.39 is 0 Å². The zero-order valence-electron chi connectivity index (χ0n) is 12.3. The highest BCUT2D eigenvalue weighted by Crippen LogP contribution is 2.33. The molecule has 7 heteroatoms. The van der Waals surface area contributed by atoms with Gasteiger partial charge >= 0.3 is 0 Å². The van der Waals surface area contributed by atoms with Crippen LogP contribution >= 0.6 is 11.3 Å². The van der Waals surface area contributed by atoms with Gasteiger partial charge in [0.1, 0.15) is 10.6 Å². The fourth-order valence-corrected chi connectivity index (χ4v) is 3.80. The zero-order valence-corrected chi connectivity index (χ0v) is 13.2. The average Bonchev–Trinajstić information content (AvgIpc) is 2.86. The first-order valence-electron chi connectivity index (χ1n) is 7.26. The number of nitrogens with zero attached hydrogens (tertiary/aromatic N) is 3. The fourth-order valence-electron chi connectivity index (χ4n) is 2.93. The molecule has 0 amide bonds. The highest BCUT2D eigenvalue weighted by atomic mass is 32.1. The molecule has 2 aromatic heterocycles. The Morgan fingerprint density at radius 2 is 2.14 bits per heavy atom. The number of nitrogen functional groups attached to an aromatic ring is 1. The van der Waals surface area contributed by atoms with Crippen molar-refractivity contribution in [2.24, 2.45) is 11.8 Å². The molecule has 0 radical (unpaired) electrons. The molecule has 0 aromatic carbocycles. The summed E-state index contributed by atoms with van der Waals surface area (Å²) in [5.74, 6) is 7.27. The number of hydrazine groups is 1. The van der Waals surface area contributed by atoms with Crippen LogP contribution in [-0.4, -0.2) is 34.3 Å². The SMILES string of the molecule is Cc1cc2c(N3CCC(C(C)O)CC3)nc(NN)nc2s1. The predicted octanol–water partition coefficient (Wildman–Crippen LogP) is 1.88. The van der Waals surface area contributed by atoms with E-state index in [4.69, 9.17) is 5.84 Å². The van der Waals surface area contributed by atoms with Crippen LogP contribution in [0.25, 0.3) is 10.2 Å². The van der Waals surface area contributed by atoms with Gasteiger partial charge in [0.15, 0.2) is 0 Å². The van der Waals surface area contributed by atoms with E-state index in [1.807, 2.05) is 6.92 Å². The third-order valence-electron chi connectivity index (χ3n) is 4.15. The minimum absolute atomic E-state index is 0.234. The van der Waals surface area contributed by atoms with Gasteiger partial charge in [-0.2, -0.15) is 4.98 Å². The second-order valence-corrected chi connectivity index (χ2v) is 6.89. The number of rotatable bonds is 3. The van der Waals surface area contributed by atoms with E-state index in [2.05, 4.69) is 33.3 Å². The van der Waals surface area contributed by atoms with Gasteiger partial charge in [-0.05, 0) is 38.7 Å². The van der Waals surface area contributed by atoms with Gasteiger partial charge < -0.3 is 10.0 Å². The zero-order chi connectivity index (χ0) is 15.0. The van der Waals surface area contributed by atoms with Gasteiger partial charge in [0.25, 0.3) is 0 Å². The number of aromatic nitrogens is 2. The Morgan fingerprint density at radius 3 is 2.76 bits per heavy atom. The maximum Gasteiger partial charge on any atom is 0.240 e. The Labute approximate surface area is 128 Å². The molecule has 21 heavy (non-hydrogen) atoms. The molecular weight excluding hydrogens is 286 g/mol. The Morgan fingerprint density at radius 1 is 1.43 bits per heavy atom. The van der Waals surface area contributed by atoms with Crippen LogP contribution in [0.4, 0.5) is 11.8 Å². The normalized spacial score (nSPS) is 18.2. The lowest BCUT2D eigenvalue weighted by atomic mass is 9.92. The molecule has 4 N–H and O–H groups in total. The molecule has 0 spiro atoms.